The molecule has 0 aromatic heterocycles. The average Bonchev–Trinajstić information content (AvgIpc) is 2.66. The lowest BCUT2D eigenvalue weighted by molar-refractivity contribution is -0.126. The highest BCUT2D eigenvalue weighted by Gasteiger charge is 2.31. The summed E-state index contributed by atoms with van der Waals surface area (Å²) in [6.07, 6.45) is 1.07. The summed E-state index contributed by atoms with van der Waals surface area (Å²) in [5, 5.41) is 2.98. The van der Waals surface area contributed by atoms with Gasteiger partial charge in [-0.25, -0.2) is 8.42 Å². The molecule has 1 N–H and O–H groups in total. The summed E-state index contributed by atoms with van der Waals surface area (Å²) in [7, 11) is -3.51. The Morgan fingerprint density at radius 3 is 2.44 bits per heavy atom. The number of nitrogens with one attached hydrogen (secondary N) is 1. The van der Waals surface area contributed by atoms with Crippen LogP contribution in [0.3, 0.4) is 0 Å². The quantitative estimate of drug-likeness (QED) is 0.757. The number of halogens is 1. The summed E-state index contributed by atoms with van der Waals surface area (Å²) < 4.78 is 27.8. The van der Waals surface area contributed by atoms with E-state index in [-0.39, 0.29) is 16.7 Å². The Hall–Kier alpha value is -1.70. The Morgan fingerprint density at radius 2 is 1.81 bits per heavy atom. The molecule has 2 aromatic carbocycles. The number of nitrogens with zero attached hydrogens (tertiary/aromatic N) is 1. The average molecular weight is 451 g/mol. The van der Waals surface area contributed by atoms with Gasteiger partial charge in [-0.1, -0.05) is 45.8 Å². The number of rotatable bonds is 5. The number of amides is 1. The van der Waals surface area contributed by atoms with E-state index in [4.69, 9.17) is 0 Å². The van der Waals surface area contributed by atoms with Crippen molar-refractivity contribution >= 4 is 31.9 Å². The Bertz CT molecular complexity index is 905. The van der Waals surface area contributed by atoms with Crippen LogP contribution in [0, 0.1) is 12.8 Å². The zero-order valence-corrected chi connectivity index (χ0v) is 17.6. The van der Waals surface area contributed by atoms with Crippen LogP contribution in [0.4, 0.5) is 0 Å². The minimum absolute atomic E-state index is 0.00260. The molecule has 0 bridgehead atoms. The van der Waals surface area contributed by atoms with Crippen molar-refractivity contribution in [2.75, 3.05) is 13.1 Å². The largest absolute Gasteiger partial charge is 0.352 e. The predicted octanol–water partition coefficient (Wildman–Crippen LogP) is 3.47. The van der Waals surface area contributed by atoms with Gasteiger partial charge in [0.25, 0.3) is 0 Å². The van der Waals surface area contributed by atoms with Gasteiger partial charge in [0.2, 0.25) is 15.9 Å². The van der Waals surface area contributed by atoms with Crippen molar-refractivity contribution < 1.29 is 13.2 Å². The summed E-state index contributed by atoms with van der Waals surface area (Å²) >= 11 is 3.31. The van der Waals surface area contributed by atoms with E-state index in [0.717, 1.165) is 15.6 Å². The summed E-state index contributed by atoms with van der Waals surface area (Å²) in [5.41, 5.74) is 2.23. The number of aryl methyl sites for hydroxylation is 1. The number of carbonyl (C=O) groups is 1. The smallest absolute Gasteiger partial charge is 0.243 e. The van der Waals surface area contributed by atoms with E-state index >= 15 is 0 Å². The first-order chi connectivity index (χ1) is 12.9. The number of piperidine rings is 1. The van der Waals surface area contributed by atoms with Crippen molar-refractivity contribution in [3.05, 3.63) is 64.1 Å². The van der Waals surface area contributed by atoms with Gasteiger partial charge in [-0.05, 0) is 49.6 Å². The number of sulfonamides is 1. The van der Waals surface area contributed by atoms with Crippen LogP contribution >= 0.6 is 15.9 Å². The Balaban J connectivity index is 1.55. The monoisotopic (exact) mass is 450 g/mol. The van der Waals surface area contributed by atoms with Crippen LogP contribution in [0.5, 0.6) is 0 Å². The maximum absolute atomic E-state index is 12.7. The molecule has 0 spiro atoms. The van der Waals surface area contributed by atoms with Gasteiger partial charge in [-0.15, -0.1) is 0 Å². The van der Waals surface area contributed by atoms with Gasteiger partial charge in [-0.3, -0.25) is 4.79 Å². The first-order valence-corrected chi connectivity index (χ1v) is 11.2. The van der Waals surface area contributed by atoms with Crippen molar-refractivity contribution in [2.24, 2.45) is 5.92 Å². The van der Waals surface area contributed by atoms with Crippen LogP contribution in [-0.2, 0) is 21.4 Å². The molecule has 0 radical (unpaired) electrons. The van der Waals surface area contributed by atoms with E-state index in [1.54, 1.807) is 24.3 Å². The van der Waals surface area contributed by atoms with Gasteiger partial charge < -0.3 is 5.32 Å². The molecular weight excluding hydrogens is 428 g/mol. The maximum Gasteiger partial charge on any atom is 0.243 e. The van der Waals surface area contributed by atoms with Gasteiger partial charge in [0.05, 0.1) is 4.90 Å². The van der Waals surface area contributed by atoms with E-state index in [9.17, 15) is 13.2 Å². The van der Waals surface area contributed by atoms with Crippen molar-refractivity contribution in [1.82, 2.24) is 9.62 Å². The predicted molar refractivity (Wildman–Crippen MR) is 109 cm³/mol. The molecule has 0 atom stereocenters. The molecule has 7 heteroatoms. The normalized spacial score (nSPS) is 16.2. The first-order valence-electron chi connectivity index (χ1n) is 8.95. The molecule has 144 valence electrons. The number of carbonyl (C=O) groups excluding carboxylic acids is 1. The fourth-order valence-corrected chi connectivity index (χ4v) is 5.00. The molecule has 1 aliphatic rings. The SMILES string of the molecule is Cc1cccc(CNC(=O)C2CCN(S(=O)(=O)c3ccc(Br)cc3)CC2)c1. The van der Waals surface area contributed by atoms with E-state index in [1.165, 1.54) is 4.31 Å². The fourth-order valence-electron chi connectivity index (χ4n) is 3.27. The van der Waals surface area contributed by atoms with Crippen LogP contribution in [-0.4, -0.2) is 31.7 Å². The molecule has 1 fully saturated rings. The summed E-state index contributed by atoms with van der Waals surface area (Å²) in [6.45, 7) is 3.24. The van der Waals surface area contributed by atoms with Crippen LogP contribution in [0.1, 0.15) is 24.0 Å². The highest BCUT2D eigenvalue weighted by atomic mass is 79.9. The van der Waals surface area contributed by atoms with Crippen LogP contribution in [0.25, 0.3) is 0 Å². The van der Waals surface area contributed by atoms with Crippen molar-refractivity contribution in [2.45, 2.75) is 31.2 Å². The maximum atomic E-state index is 12.7. The standard InChI is InChI=1S/C20H23BrN2O3S/c1-15-3-2-4-16(13-15)14-22-20(24)17-9-11-23(12-10-17)27(25,26)19-7-5-18(21)6-8-19/h2-8,13,17H,9-12,14H2,1H3,(H,22,24). The molecule has 1 heterocycles. The molecular formula is C20H23BrN2O3S. The highest BCUT2D eigenvalue weighted by molar-refractivity contribution is 9.10. The molecule has 0 unspecified atom stereocenters. The lowest BCUT2D eigenvalue weighted by Crippen LogP contribution is -2.42. The van der Waals surface area contributed by atoms with E-state index in [1.807, 2.05) is 31.2 Å². The van der Waals surface area contributed by atoms with Gasteiger partial charge in [-0.2, -0.15) is 4.31 Å². The van der Waals surface area contributed by atoms with Gasteiger partial charge in [0.1, 0.15) is 0 Å². The van der Waals surface area contributed by atoms with Crippen molar-refractivity contribution in [3.8, 4) is 0 Å². The van der Waals surface area contributed by atoms with Gasteiger partial charge in [0.15, 0.2) is 0 Å². The topological polar surface area (TPSA) is 66.5 Å². The number of benzene rings is 2. The first kappa shape index (κ1) is 20.0. The van der Waals surface area contributed by atoms with E-state index < -0.39 is 10.0 Å². The lowest BCUT2D eigenvalue weighted by Gasteiger charge is -2.30. The summed E-state index contributed by atoms with van der Waals surface area (Å²) in [6, 6.07) is 14.7. The molecule has 1 saturated heterocycles. The Morgan fingerprint density at radius 1 is 1.15 bits per heavy atom. The molecule has 3 rings (SSSR count). The van der Waals surface area contributed by atoms with E-state index in [2.05, 4.69) is 21.2 Å². The molecule has 0 aliphatic carbocycles. The molecule has 27 heavy (non-hydrogen) atoms. The molecule has 1 amide bonds. The van der Waals surface area contributed by atoms with Crippen LogP contribution < -0.4 is 5.32 Å². The third-order valence-electron chi connectivity index (χ3n) is 4.83. The fraction of sp³-hybridized carbons (Fsp3) is 0.350. The molecule has 1 aliphatic heterocycles. The summed E-state index contributed by atoms with van der Waals surface area (Å²) in [5.74, 6) is -0.150. The molecule has 2 aromatic rings. The number of hydrogen-bond donors (Lipinski definition) is 1. The molecule has 5 nitrogen and oxygen atoms in total. The van der Waals surface area contributed by atoms with Crippen molar-refractivity contribution in [1.29, 1.82) is 0 Å². The van der Waals surface area contributed by atoms with Gasteiger partial charge in [0, 0.05) is 30.0 Å². The van der Waals surface area contributed by atoms with E-state index in [0.29, 0.717) is 32.5 Å². The Kier molecular flexibility index (Phi) is 6.34. The second kappa shape index (κ2) is 8.54. The van der Waals surface area contributed by atoms with Crippen LogP contribution in [0.2, 0.25) is 0 Å². The van der Waals surface area contributed by atoms with Gasteiger partial charge >= 0.3 is 0 Å². The lowest BCUT2D eigenvalue weighted by atomic mass is 9.97. The Labute approximate surface area is 169 Å². The minimum Gasteiger partial charge on any atom is -0.352 e. The van der Waals surface area contributed by atoms with Crippen LogP contribution in [0.15, 0.2) is 57.9 Å². The number of hydrogen-bond acceptors (Lipinski definition) is 3. The molecule has 0 saturated carbocycles. The second-order valence-electron chi connectivity index (χ2n) is 6.84. The second-order valence-corrected chi connectivity index (χ2v) is 9.69. The third kappa shape index (κ3) is 4.97. The zero-order chi connectivity index (χ0) is 19.4. The highest BCUT2D eigenvalue weighted by Crippen LogP contribution is 2.25. The minimum atomic E-state index is -3.51. The summed E-state index contributed by atoms with van der Waals surface area (Å²) in [4.78, 5) is 12.7. The van der Waals surface area contributed by atoms with Crippen molar-refractivity contribution in [3.63, 3.8) is 0 Å². The third-order valence-corrected chi connectivity index (χ3v) is 7.27. The zero-order valence-electron chi connectivity index (χ0n) is 15.2.